The predicted molar refractivity (Wildman–Crippen MR) is 48.3 cm³/mol. The predicted octanol–water partition coefficient (Wildman–Crippen LogP) is 2.12. The van der Waals surface area contributed by atoms with Crippen molar-refractivity contribution in [3.8, 4) is 5.88 Å². The molecule has 0 bridgehead atoms. The molecular formula is C9H16N2O. The first-order chi connectivity index (χ1) is 5.70. The van der Waals surface area contributed by atoms with Crippen LogP contribution in [-0.2, 0) is 6.54 Å². The number of nitrogens with zero attached hydrogens (tertiary/aromatic N) is 2. The average molecular weight is 168 g/mol. The van der Waals surface area contributed by atoms with Crippen LogP contribution in [0.2, 0.25) is 0 Å². The van der Waals surface area contributed by atoms with E-state index in [2.05, 4.69) is 18.9 Å². The van der Waals surface area contributed by atoms with Crippen molar-refractivity contribution in [2.45, 2.75) is 39.7 Å². The fraction of sp³-hybridized carbons (Fsp3) is 0.667. The van der Waals surface area contributed by atoms with Crippen molar-refractivity contribution in [3.63, 3.8) is 0 Å². The fourth-order valence-corrected chi connectivity index (χ4v) is 1.19. The molecule has 0 aliphatic rings. The third-order valence-corrected chi connectivity index (χ3v) is 2.28. The zero-order valence-corrected chi connectivity index (χ0v) is 7.91. The molecule has 0 amide bonds. The molecule has 1 rings (SSSR count). The summed E-state index contributed by atoms with van der Waals surface area (Å²) < 4.78 is 1.61. The lowest BCUT2D eigenvalue weighted by Gasteiger charge is -2.05. The lowest BCUT2D eigenvalue weighted by molar-refractivity contribution is 0.397. The van der Waals surface area contributed by atoms with Crippen LogP contribution in [0.1, 0.15) is 38.7 Å². The van der Waals surface area contributed by atoms with Crippen molar-refractivity contribution >= 4 is 0 Å². The number of hydrogen-bond acceptors (Lipinski definition) is 2. The topological polar surface area (TPSA) is 38.0 Å². The van der Waals surface area contributed by atoms with Crippen molar-refractivity contribution in [2.24, 2.45) is 0 Å². The summed E-state index contributed by atoms with van der Waals surface area (Å²) >= 11 is 0. The van der Waals surface area contributed by atoms with Crippen molar-refractivity contribution in [1.29, 1.82) is 0 Å². The monoisotopic (exact) mass is 168 g/mol. The number of hydrogen-bond donors (Lipinski definition) is 1. The minimum absolute atomic E-state index is 0.326. The Morgan fingerprint density at radius 3 is 2.67 bits per heavy atom. The maximum absolute atomic E-state index is 9.63. The smallest absolute Gasteiger partial charge is 0.212 e. The molecule has 1 aromatic rings. The van der Waals surface area contributed by atoms with Gasteiger partial charge in [-0.2, -0.15) is 5.10 Å². The van der Waals surface area contributed by atoms with Gasteiger partial charge in [-0.05, 0) is 19.3 Å². The van der Waals surface area contributed by atoms with Crippen LogP contribution in [0.5, 0.6) is 5.88 Å². The molecule has 1 unspecified atom stereocenters. The molecule has 0 saturated carbocycles. The standard InChI is InChI=1S/C9H16N2O/c1-4-7(3)8-6-10-11(5-2)9(8)12/h6-7,12H,4-5H2,1-3H3. The highest BCUT2D eigenvalue weighted by Gasteiger charge is 2.12. The maximum atomic E-state index is 9.63. The first-order valence-electron chi connectivity index (χ1n) is 4.45. The van der Waals surface area contributed by atoms with Gasteiger partial charge in [0, 0.05) is 12.1 Å². The molecule has 1 aromatic heterocycles. The van der Waals surface area contributed by atoms with E-state index in [0.29, 0.717) is 11.8 Å². The molecule has 0 aliphatic heterocycles. The van der Waals surface area contributed by atoms with E-state index in [4.69, 9.17) is 0 Å². The number of rotatable bonds is 3. The summed E-state index contributed by atoms with van der Waals surface area (Å²) in [4.78, 5) is 0. The highest BCUT2D eigenvalue weighted by Crippen LogP contribution is 2.26. The van der Waals surface area contributed by atoms with E-state index >= 15 is 0 Å². The molecule has 3 nitrogen and oxygen atoms in total. The second kappa shape index (κ2) is 3.61. The number of aromatic hydroxyl groups is 1. The largest absolute Gasteiger partial charge is 0.493 e. The molecule has 1 heterocycles. The summed E-state index contributed by atoms with van der Waals surface area (Å²) in [5.41, 5.74) is 0.958. The van der Waals surface area contributed by atoms with E-state index in [-0.39, 0.29) is 0 Å². The lowest BCUT2D eigenvalue weighted by Crippen LogP contribution is -1.95. The molecule has 1 atom stereocenters. The van der Waals surface area contributed by atoms with E-state index in [9.17, 15) is 5.11 Å². The Bertz CT molecular complexity index is 255. The van der Waals surface area contributed by atoms with Crippen molar-refractivity contribution in [3.05, 3.63) is 11.8 Å². The molecule has 3 heteroatoms. The SMILES string of the molecule is CCC(C)c1cnn(CC)c1O. The van der Waals surface area contributed by atoms with Gasteiger partial charge in [-0.1, -0.05) is 13.8 Å². The first-order valence-corrected chi connectivity index (χ1v) is 4.45. The van der Waals surface area contributed by atoms with Gasteiger partial charge in [0.15, 0.2) is 0 Å². The van der Waals surface area contributed by atoms with Crippen LogP contribution in [0.3, 0.4) is 0 Å². The summed E-state index contributed by atoms with van der Waals surface area (Å²) in [5.74, 6) is 0.720. The van der Waals surface area contributed by atoms with E-state index in [1.807, 2.05) is 6.92 Å². The van der Waals surface area contributed by atoms with E-state index in [1.54, 1.807) is 10.9 Å². The molecule has 0 aromatic carbocycles. The maximum Gasteiger partial charge on any atom is 0.212 e. The molecule has 0 spiro atoms. The zero-order valence-electron chi connectivity index (χ0n) is 7.91. The summed E-state index contributed by atoms with van der Waals surface area (Å²) in [5, 5.41) is 13.7. The highest BCUT2D eigenvalue weighted by molar-refractivity contribution is 5.26. The fourth-order valence-electron chi connectivity index (χ4n) is 1.19. The van der Waals surface area contributed by atoms with Gasteiger partial charge in [-0.25, -0.2) is 4.68 Å². The van der Waals surface area contributed by atoms with Crippen LogP contribution < -0.4 is 0 Å². The van der Waals surface area contributed by atoms with Crippen LogP contribution in [0, 0.1) is 0 Å². The molecule has 0 fully saturated rings. The van der Waals surface area contributed by atoms with Gasteiger partial charge in [-0.3, -0.25) is 0 Å². The molecular weight excluding hydrogens is 152 g/mol. The Kier molecular flexibility index (Phi) is 2.74. The van der Waals surface area contributed by atoms with E-state index in [0.717, 1.165) is 18.5 Å². The van der Waals surface area contributed by atoms with Crippen LogP contribution in [0.4, 0.5) is 0 Å². The molecule has 12 heavy (non-hydrogen) atoms. The summed E-state index contributed by atoms with van der Waals surface area (Å²) in [6.45, 7) is 6.89. The van der Waals surface area contributed by atoms with Crippen molar-refractivity contribution in [1.82, 2.24) is 9.78 Å². The van der Waals surface area contributed by atoms with Crippen molar-refractivity contribution in [2.75, 3.05) is 0 Å². The molecule has 0 radical (unpaired) electrons. The van der Waals surface area contributed by atoms with Gasteiger partial charge in [-0.15, -0.1) is 0 Å². The highest BCUT2D eigenvalue weighted by atomic mass is 16.3. The van der Waals surface area contributed by atoms with Gasteiger partial charge >= 0.3 is 0 Å². The second-order valence-electron chi connectivity index (χ2n) is 3.05. The van der Waals surface area contributed by atoms with Crippen LogP contribution in [-0.4, -0.2) is 14.9 Å². The second-order valence-corrected chi connectivity index (χ2v) is 3.05. The van der Waals surface area contributed by atoms with Crippen LogP contribution in [0.15, 0.2) is 6.20 Å². The van der Waals surface area contributed by atoms with E-state index in [1.165, 1.54) is 0 Å². The quantitative estimate of drug-likeness (QED) is 0.750. The van der Waals surface area contributed by atoms with Crippen molar-refractivity contribution < 1.29 is 5.11 Å². The van der Waals surface area contributed by atoms with Crippen LogP contribution in [0.25, 0.3) is 0 Å². The Labute approximate surface area is 73.0 Å². The van der Waals surface area contributed by atoms with E-state index < -0.39 is 0 Å². The number of aryl methyl sites for hydroxylation is 1. The molecule has 0 saturated heterocycles. The lowest BCUT2D eigenvalue weighted by atomic mass is 10.0. The Balaban J connectivity index is 2.93. The van der Waals surface area contributed by atoms with Gasteiger partial charge < -0.3 is 5.11 Å². The summed E-state index contributed by atoms with van der Waals surface area (Å²) in [7, 11) is 0. The average Bonchev–Trinajstić information content (AvgIpc) is 2.45. The summed E-state index contributed by atoms with van der Waals surface area (Å²) in [6.07, 6.45) is 2.79. The molecule has 68 valence electrons. The zero-order chi connectivity index (χ0) is 9.14. The Hall–Kier alpha value is -0.990. The third-order valence-electron chi connectivity index (χ3n) is 2.28. The Morgan fingerprint density at radius 2 is 2.25 bits per heavy atom. The van der Waals surface area contributed by atoms with Gasteiger partial charge in [0.1, 0.15) is 0 Å². The normalized spacial score (nSPS) is 13.2. The molecule has 0 aliphatic carbocycles. The van der Waals surface area contributed by atoms with Gasteiger partial charge in [0.25, 0.3) is 0 Å². The van der Waals surface area contributed by atoms with Gasteiger partial charge in [0.05, 0.1) is 6.20 Å². The minimum Gasteiger partial charge on any atom is -0.493 e. The number of aromatic nitrogens is 2. The summed E-state index contributed by atoms with van der Waals surface area (Å²) in [6, 6.07) is 0. The third kappa shape index (κ3) is 1.44. The first kappa shape index (κ1) is 9.10. The van der Waals surface area contributed by atoms with Gasteiger partial charge in [0.2, 0.25) is 5.88 Å². The Morgan fingerprint density at radius 1 is 1.58 bits per heavy atom. The van der Waals surface area contributed by atoms with Crippen LogP contribution >= 0.6 is 0 Å². The molecule has 1 N–H and O–H groups in total. The minimum atomic E-state index is 0.326.